The number of aromatic nitrogens is 2. The summed E-state index contributed by atoms with van der Waals surface area (Å²) in [4.78, 5) is 48.9. The van der Waals surface area contributed by atoms with Crippen molar-refractivity contribution in [2.45, 2.75) is 101 Å². The summed E-state index contributed by atoms with van der Waals surface area (Å²) >= 11 is 1.76. The highest BCUT2D eigenvalue weighted by atomic mass is 32.2. The molecule has 6 heterocycles. The quantitative estimate of drug-likeness (QED) is 0.249. The summed E-state index contributed by atoms with van der Waals surface area (Å²) in [7, 11) is 4.38. The SMILES string of the molecule is CCn1c(-c2cccnc2[C@H](C)OC)c2c3cc(ccc31)C1=CSC(CC3(C(=O)N4CCC[C@H](N4)C(=O)OCC(C)(C)C2)C2[Si][C@@]23NC(=O)C2CC2)N1C. The Morgan fingerprint density at radius 1 is 1.22 bits per heavy atom. The standard InChI is InChI=1S/C41H50N6O5SSi/c1-7-46-30-15-14-25-18-27(30)28(34(46)26-10-8-16-42-33(26)23(2)51-6)19-39(3,4)22-52-36(49)29-11-9-17-47(44-29)38(50)40(20-32-45(5)31(25)21-53-32)37-41(40,54-37)43-35(48)24-12-13-24/h8,10,14-16,18,21,23-24,29,32,37,44H,7,9,11-13,17,19-20,22H2,1-6H3,(H,43,48)/t23-,29-,32?,37?,40?,41-/m0/s1. The topological polar surface area (TPSA) is 118 Å². The highest BCUT2D eigenvalue weighted by Crippen LogP contribution is 2.82. The van der Waals surface area contributed by atoms with E-state index in [1.807, 2.05) is 19.2 Å². The molecule has 9 rings (SSSR count). The monoisotopic (exact) mass is 766 g/mol. The summed E-state index contributed by atoms with van der Waals surface area (Å²) in [5.74, 6) is -0.173. The van der Waals surface area contributed by atoms with Crippen molar-refractivity contribution in [1.29, 1.82) is 0 Å². The van der Waals surface area contributed by atoms with Crippen molar-refractivity contribution < 1.29 is 23.9 Å². The van der Waals surface area contributed by atoms with Crippen molar-refractivity contribution in [3.63, 3.8) is 0 Å². The molecule has 1 aromatic carbocycles. The van der Waals surface area contributed by atoms with Gasteiger partial charge in [-0.3, -0.25) is 24.4 Å². The highest BCUT2D eigenvalue weighted by Gasteiger charge is 2.93. The lowest BCUT2D eigenvalue weighted by molar-refractivity contribution is -0.156. The predicted molar refractivity (Wildman–Crippen MR) is 210 cm³/mol. The molecule has 2 amide bonds. The zero-order valence-electron chi connectivity index (χ0n) is 32.0. The lowest BCUT2D eigenvalue weighted by atomic mass is 9.84. The van der Waals surface area contributed by atoms with Gasteiger partial charge in [0, 0.05) is 66.4 Å². The maximum atomic E-state index is 14.8. The zero-order chi connectivity index (χ0) is 37.7. The Balaban J connectivity index is 1.15. The number of fused-ring (bicyclic) bond motifs is 9. The number of carbonyl (C=O) groups is 3. The highest BCUT2D eigenvalue weighted by molar-refractivity contribution is 8.03. The van der Waals surface area contributed by atoms with Gasteiger partial charge >= 0.3 is 5.97 Å². The average molecular weight is 767 g/mol. The Hall–Kier alpha value is -3.65. The molecule has 6 aliphatic rings. The van der Waals surface area contributed by atoms with Crippen LogP contribution in [-0.2, 0) is 36.8 Å². The second-order valence-electron chi connectivity index (χ2n) is 16.9. The number of thioether (sulfide) groups is 1. The van der Waals surface area contributed by atoms with Crippen molar-refractivity contribution in [2.75, 3.05) is 27.3 Å². The van der Waals surface area contributed by atoms with Gasteiger partial charge in [-0.15, -0.1) is 11.8 Å². The van der Waals surface area contributed by atoms with Crippen LogP contribution >= 0.6 is 11.8 Å². The van der Waals surface area contributed by atoms with Gasteiger partial charge in [0.1, 0.15) is 6.04 Å². The number of nitrogens with one attached hydrogen (secondary N) is 2. The number of rotatable bonds is 6. The number of nitrogens with zero attached hydrogens (tertiary/aromatic N) is 4. The maximum Gasteiger partial charge on any atom is 0.324 e. The largest absolute Gasteiger partial charge is 0.464 e. The first-order chi connectivity index (χ1) is 25.9. The van der Waals surface area contributed by atoms with E-state index < -0.39 is 22.0 Å². The van der Waals surface area contributed by atoms with Gasteiger partial charge in [0.25, 0.3) is 0 Å². The number of carbonyl (C=O) groups excluding carboxylic acids is 3. The lowest BCUT2D eigenvalue weighted by Crippen LogP contribution is -2.60. The molecule has 6 bridgehead atoms. The third kappa shape index (κ3) is 5.58. The molecule has 13 heteroatoms. The maximum absolute atomic E-state index is 14.8. The van der Waals surface area contributed by atoms with Gasteiger partial charge in [-0.25, -0.2) is 5.43 Å². The molecule has 2 saturated heterocycles. The molecule has 2 radical (unpaired) electrons. The Bertz CT molecular complexity index is 2100. The molecule has 4 aliphatic heterocycles. The van der Waals surface area contributed by atoms with Crippen molar-refractivity contribution in [1.82, 2.24) is 30.2 Å². The van der Waals surface area contributed by atoms with Crippen molar-refractivity contribution in [3.8, 4) is 11.3 Å². The van der Waals surface area contributed by atoms with Gasteiger partial charge < -0.3 is 24.3 Å². The van der Waals surface area contributed by atoms with Crippen molar-refractivity contribution in [2.24, 2.45) is 16.7 Å². The lowest BCUT2D eigenvalue weighted by Gasteiger charge is -2.39. The Kier molecular flexibility index (Phi) is 8.64. The normalized spacial score (nSPS) is 30.8. The van der Waals surface area contributed by atoms with Gasteiger partial charge in [-0.1, -0.05) is 19.9 Å². The number of benzene rings is 1. The summed E-state index contributed by atoms with van der Waals surface area (Å²) in [5.41, 5.74) is 9.92. The van der Waals surface area contributed by atoms with E-state index in [9.17, 15) is 14.4 Å². The van der Waals surface area contributed by atoms with E-state index in [1.165, 1.54) is 5.56 Å². The van der Waals surface area contributed by atoms with Crippen LogP contribution in [0.25, 0.3) is 27.9 Å². The Morgan fingerprint density at radius 3 is 2.78 bits per heavy atom. The van der Waals surface area contributed by atoms with Crippen molar-refractivity contribution >= 4 is 55.7 Å². The molecule has 3 unspecified atom stereocenters. The van der Waals surface area contributed by atoms with E-state index in [2.05, 4.69) is 77.7 Å². The number of hydrogen-bond acceptors (Lipinski definition) is 9. The van der Waals surface area contributed by atoms with Gasteiger partial charge in [-0.2, -0.15) is 0 Å². The van der Waals surface area contributed by atoms with E-state index in [-0.39, 0.29) is 47.3 Å². The summed E-state index contributed by atoms with van der Waals surface area (Å²) in [6.45, 7) is 10.0. The van der Waals surface area contributed by atoms with Crippen molar-refractivity contribution in [3.05, 3.63) is 58.8 Å². The van der Waals surface area contributed by atoms with E-state index >= 15 is 0 Å². The molecule has 3 aromatic rings. The Labute approximate surface area is 323 Å². The van der Waals surface area contributed by atoms with E-state index in [0.717, 1.165) is 58.5 Å². The predicted octanol–water partition coefficient (Wildman–Crippen LogP) is 5.47. The van der Waals surface area contributed by atoms with Crippen LogP contribution < -0.4 is 10.7 Å². The number of amides is 2. The first-order valence-electron chi connectivity index (χ1n) is 19.5. The number of hydrazine groups is 1. The number of aryl methyl sites for hydroxylation is 1. The van der Waals surface area contributed by atoms with Gasteiger partial charge in [0.2, 0.25) is 11.8 Å². The van der Waals surface area contributed by atoms with Crippen LogP contribution in [0.3, 0.4) is 0 Å². The number of esters is 1. The number of hydrogen-bond donors (Lipinski definition) is 2. The Morgan fingerprint density at radius 2 is 2.04 bits per heavy atom. The number of ether oxygens (including phenoxy) is 2. The molecule has 2 saturated carbocycles. The van der Waals surface area contributed by atoms with E-state index in [1.54, 1.807) is 23.9 Å². The number of cyclic esters (lactones) is 1. The third-order valence-corrected chi connectivity index (χ3v) is 16.1. The third-order valence-electron chi connectivity index (χ3n) is 12.7. The van der Waals surface area contributed by atoms with Crippen LogP contribution in [0, 0.1) is 16.7 Å². The second-order valence-corrected chi connectivity index (χ2v) is 19.6. The molecule has 6 atom stereocenters. The van der Waals surface area contributed by atoms with Gasteiger partial charge in [0.15, 0.2) is 0 Å². The number of methoxy groups -OCH3 is 1. The first kappa shape index (κ1) is 36.0. The molecule has 284 valence electrons. The zero-order valence-corrected chi connectivity index (χ0v) is 33.8. The molecule has 2 aliphatic carbocycles. The molecular formula is C41H50N6O5SSi. The molecule has 11 nitrogen and oxygen atoms in total. The van der Waals surface area contributed by atoms with Crippen LogP contribution in [0.1, 0.15) is 82.7 Å². The number of pyridine rings is 1. The summed E-state index contributed by atoms with van der Waals surface area (Å²) in [5, 5.41) is 8.02. The van der Waals surface area contributed by atoms with Crippen LogP contribution in [-0.4, -0.2) is 90.7 Å². The molecule has 2 N–H and O–H groups in total. The first-order valence-corrected chi connectivity index (χ1v) is 21.5. The van der Waals surface area contributed by atoms with Crippen LogP contribution in [0.15, 0.2) is 41.9 Å². The molecule has 2 aromatic heterocycles. The van der Waals surface area contributed by atoms with Crippen LogP contribution in [0.4, 0.5) is 0 Å². The summed E-state index contributed by atoms with van der Waals surface area (Å²) < 4.78 is 14.3. The minimum absolute atomic E-state index is 0.000742. The summed E-state index contributed by atoms with van der Waals surface area (Å²) in [6, 6.07) is 10.3. The van der Waals surface area contributed by atoms with Gasteiger partial charge in [0.05, 0.1) is 50.1 Å². The smallest absolute Gasteiger partial charge is 0.324 e. The molecular weight excluding hydrogens is 717 g/mol. The molecule has 1 spiro atoms. The summed E-state index contributed by atoms with van der Waals surface area (Å²) in [6.07, 6.45) is 6.03. The van der Waals surface area contributed by atoms with E-state index in [0.29, 0.717) is 41.7 Å². The van der Waals surface area contributed by atoms with Gasteiger partial charge in [-0.05, 0) is 98.7 Å². The fourth-order valence-corrected chi connectivity index (χ4v) is 12.6. The van der Waals surface area contributed by atoms with E-state index in [4.69, 9.17) is 14.5 Å². The fraction of sp³-hybridized carbons (Fsp3) is 0.561. The minimum atomic E-state index is -0.706. The van der Waals surface area contributed by atoms with Crippen LogP contribution in [0.5, 0.6) is 0 Å². The van der Waals surface area contributed by atoms with Crippen LogP contribution in [0.2, 0.25) is 5.54 Å². The average Bonchev–Trinajstić information content (AvgIpc) is 4.13. The fourth-order valence-electron chi connectivity index (χ4n) is 9.31. The molecule has 54 heavy (non-hydrogen) atoms. The second kappa shape index (κ2) is 13.0. The molecule has 4 fully saturated rings. The minimum Gasteiger partial charge on any atom is -0.464 e.